The lowest BCUT2D eigenvalue weighted by Gasteiger charge is -2.17. The van der Waals surface area contributed by atoms with Crippen molar-refractivity contribution in [2.75, 3.05) is 12.1 Å². The third-order valence-electron chi connectivity index (χ3n) is 6.22. The summed E-state index contributed by atoms with van der Waals surface area (Å²) in [5.41, 5.74) is 4.41. The molecule has 0 radical (unpaired) electrons. The maximum Gasteiger partial charge on any atom is 0.235 e. The van der Waals surface area contributed by atoms with Crippen LogP contribution in [0, 0.1) is 0 Å². The van der Waals surface area contributed by atoms with E-state index in [1.165, 1.54) is 5.56 Å². The van der Waals surface area contributed by atoms with Gasteiger partial charge in [0.25, 0.3) is 0 Å². The molecule has 0 spiro atoms. The molecular weight excluding hydrogens is 410 g/mol. The Balaban J connectivity index is 1.39. The Morgan fingerprint density at radius 1 is 0.968 bits per heavy atom. The minimum atomic E-state index is -0.514. The number of anilines is 1. The molecule has 31 heavy (non-hydrogen) atoms. The van der Waals surface area contributed by atoms with E-state index in [0.29, 0.717) is 16.7 Å². The molecule has 0 unspecified atom stereocenters. The smallest absolute Gasteiger partial charge is 0.235 e. The summed E-state index contributed by atoms with van der Waals surface area (Å²) in [6.07, 6.45) is 1.63. The number of rotatable bonds is 5. The molecule has 158 valence electrons. The van der Waals surface area contributed by atoms with Gasteiger partial charge in [-0.3, -0.25) is 4.79 Å². The Labute approximate surface area is 187 Å². The molecule has 1 N–H and O–H groups in total. The number of halogens is 1. The van der Waals surface area contributed by atoms with Crippen LogP contribution in [0.3, 0.4) is 0 Å². The number of benzene rings is 3. The van der Waals surface area contributed by atoms with E-state index < -0.39 is 5.41 Å². The molecule has 5 heteroatoms. The van der Waals surface area contributed by atoms with Crippen molar-refractivity contribution in [1.82, 2.24) is 0 Å². The minimum Gasteiger partial charge on any atom is -0.454 e. The lowest BCUT2D eigenvalue weighted by atomic mass is 9.94. The number of hydrogen-bond acceptors (Lipinski definition) is 3. The van der Waals surface area contributed by atoms with Crippen LogP contribution in [-0.2, 0) is 10.2 Å². The van der Waals surface area contributed by atoms with E-state index in [2.05, 4.69) is 43.4 Å². The monoisotopic (exact) mass is 433 g/mol. The molecule has 3 aromatic carbocycles. The van der Waals surface area contributed by atoms with Crippen molar-refractivity contribution < 1.29 is 14.3 Å². The van der Waals surface area contributed by atoms with Gasteiger partial charge in [-0.15, -0.1) is 0 Å². The van der Waals surface area contributed by atoms with E-state index in [1.54, 1.807) is 0 Å². The number of amides is 1. The van der Waals surface area contributed by atoms with Gasteiger partial charge in [-0.25, -0.2) is 0 Å². The molecule has 3 aromatic rings. The van der Waals surface area contributed by atoms with Gasteiger partial charge in [0.1, 0.15) is 0 Å². The lowest BCUT2D eigenvalue weighted by Crippen LogP contribution is -2.27. The Morgan fingerprint density at radius 3 is 2.42 bits per heavy atom. The summed E-state index contributed by atoms with van der Waals surface area (Å²) in [5.74, 6) is 1.90. The molecule has 0 saturated heterocycles. The maximum absolute atomic E-state index is 13.2. The average Bonchev–Trinajstić information content (AvgIpc) is 3.46. The molecule has 0 aromatic heterocycles. The van der Waals surface area contributed by atoms with Crippen LogP contribution in [-0.4, -0.2) is 12.7 Å². The van der Waals surface area contributed by atoms with Gasteiger partial charge in [0.05, 0.1) is 5.41 Å². The summed E-state index contributed by atoms with van der Waals surface area (Å²) in [5, 5.41) is 3.77. The molecule has 0 atom stereocenters. The number of carbonyl (C=O) groups is 1. The SMILES string of the molecule is CC(C)c1ccc(-c2cc(NC(=O)C3(c4ccc5c(c4)OCO5)CC3)ccc2Cl)cc1. The summed E-state index contributed by atoms with van der Waals surface area (Å²) in [6, 6.07) is 19.8. The van der Waals surface area contributed by atoms with E-state index in [1.807, 2.05) is 36.4 Å². The van der Waals surface area contributed by atoms with E-state index in [-0.39, 0.29) is 12.7 Å². The van der Waals surface area contributed by atoms with Crippen LogP contribution in [0.4, 0.5) is 5.69 Å². The zero-order valence-corrected chi connectivity index (χ0v) is 18.3. The number of fused-ring (bicyclic) bond motifs is 1. The summed E-state index contributed by atoms with van der Waals surface area (Å²) in [6.45, 7) is 4.57. The van der Waals surface area contributed by atoms with Crippen molar-refractivity contribution in [1.29, 1.82) is 0 Å². The van der Waals surface area contributed by atoms with Crippen molar-refractivity contribution >= 4 is 23.2 Å². The standard InChI is InChI=1S/C26H24ClNO3/c1-16(2)17-3-5-18(6-4-17)21-14-20(8-9-22(21)27)28-25(29)26(11-12-26)19-7-10-23-24(13-19)31-15-30-23/h3-10,13-14,16H,11-12,15H2,1-2H3,(H,28,29). The Morgan fingerprint density at radius 2 is 1.71 bits per heavy atom. The normalized spacial score (nSPS) is 15.7. The zero-order valence-electron chi connectivity index (χ0n) is 17.6. The van der Waals surface area contributed by atoms with Crippen LogP contribution in [0.2, 0.25) is 5.02 Å². The number of nitrogens with one attached hydrogen (secondary N) is 1. The first-order valence-corrected chi connectivity index (χ1v) is 11.0. The van der Waals surface area contributed by atoms with E-state index in [0.717, 1.165) is 41.0 Å². The molecule has 1 aliphatic heterocycles. The van der Waals surface area contributed by atoms with Crippen LogP contribution in [0.5, 0.6) is 11.5 Å². The molecule has 5 rings (SSSR count). The number of ether oxygens (including phenoxy) is 2. The predicted molar refractivity (Wildman–Crippen MR) is 123 cm³/mol. The van der Waals surface area contributed by atoms with E-state index in [4.69, 9.17) is 21.1 Å². The van der Waals surface area contributed by atoms with E-state index in [9.17, 15) is 4.79 Å². The zero-order chi connectivity index (χ0) is 21.6. The molecular formula is C26H24ClNO3. The maximum atomic E-state index is 13.2. The van der Waals surface area contributed by atoms with Crippen LogP contribution in [0.15, 0.2) is 60.7 Å². The summed E-state index contributed by atoms with van der Waals surface area (Å²) >= 11 is 6.48. The fraction of sp³-hybridized carbons (Fsp3) is 0.269. The van der Waals surface area contributed by atoms with Gasteiger partial charge in [-0.05, 0) is 65.8 Å². The number of carbonyl (C=O) groups excluding carboxylic acids is 1. The Bertz CT molecular complexity index is 1150. The van der Waals surface area contributed by atoms with Gasteiger partial charge in [-0.1, -0.05) is 55.8 Å². The van der Waals surface area contributed by atoms with Gasteiger partial charge < -0.3 is 14.8 Å². The molecule has 1 saturated carbocycles. The molecule has 2 aliphatic rings. The number of hydrogen-bond donors (Lipinski definition) is 1. The van der Waals surface area contributed by atoms with Gasteiger partial charge >= 0.3 is 0 Å². The quantitative estimate of drug-likeness (QED) is 0.497. The summed E-state index contributed by atoms with van der Waals surface area (Å²) in [4.78, 5) is 13.2. The molecule has 4 nitrogen and oxygen atoms in total. The van der Waals surface area contributed by atoms with Crippen molar-refractivity contribution in [3.05, 3.63) is 76.8 Å². The van der Waals surface area contributed by atoms with Crippen LogP contribution in [0.25, 0.3) is 11.1 Å². The molecule has 1 heterocycles. The molecule has 1 aliphatic carbocycles. The van der Waals surface area contributed by atoms with Crippen LogP contribution >= 0.6 is 11.6 Å². The second-order valence-electron chi connectivity index (χ2n) is 8.58. The molecule has 0 bridgehead atoms. The summed E-state index contributed by atoms with van der Waals surface area (Å²) < 4.78 is 10.9. The fourth-order valence-electron chi connectivity index (χ4n) is 4.09. The van der Waals surface area contributed by atoms with Crippen molar-refractivity contribution in [2.45, 2.75) is 38.0 Å². The first kappa shape index (κ1) is 20.0. The van der Waals surface area contributed by atoms with Crippen LogP contribution in [0.1, 0.15) is 43.7 Å². The second-order valence-corrected chi connectivity index (χ2v) is 8.98. The van der Waals surface area contributed by atoms with E-state index >= 15 is 0 Å². The topological polar surface area (TPSA) is 47.6 Å². The third kappa shape index (κ3) is 3.66. The summed E-state index contributed by atoms with van der Waals surface area (Å²) in [7, 11) is 0. The highest BCUT2D eigenvalue weighted by Gasteiger charge is 2.51. The average molecular weight is 434 g/mol. The second kappa shape index (κ2) is 7.61. The Kier molecular flexibility index (Phi) is 4.90. The molecule has 1 amide bonds. The van der Waals surface area contributed by atoms with Gasteiger partial charge in [0, 0.05) is 16.3 Å². The van der Waals surface area contributed by atoms with Crippen LogP contribution < -0.4 is 14.8 Å². The van der Waals surface area contributed by atoms with Crippen molar-refractivity contribution in [3.63, 3.8) is 0 Å². The van der Waals surface area contributed by atoms with Gasteiger partial charge in [0.2, 0.25) is 12.7 Å². The highest BCUT2D eigenvalue weighted by Crippen LogP contribution is 2.51. The Hall–Kier alpha value is -2.98. The third-order valence-corrected chi connectivity index (χ3v) is 6.55. The van der Waals surface area contributed by atoms with Crippen molar-refractivity contribution in [3.8, 4) is 22.6 Å². The van der Waals surface area contributed by atoms with Gasteiger partial charge in [0.15, 0.2) is 11.5 Å². The first-order valence-electron chi connectivity index (χ1n) is 10.6. The van der Waals surface area contributed by atoms with Crippen molar-refractivity contribution in [2.24, 2.45) is 0 Å². The minimum absolute atomic E-state index is 0.00482. The predicted octanol–water partition coefficient (Wildman–Crippen LogP) is 6.53. The van der Waals surface area contributed by atoms with Gasteiger partial charge in [-0.2, -0.15) is 0 Å². The lowest BCUT2D eigenvalue weighted by molar-refractivity contribution is -0.118. The first-order chi connectivity index (χ1) is 15.0. The highest BCUT2D eigenvalue weighted by atomic mass is 35.5. The largest absolute Gasteiger partial charge is 0.454 e. The molecule has 1 fully saturated rings. The highest BCUT2D eigenvalue weighted by molar-refractivity contribution is 6.33. The fourth-order valence-corrected chi connectivity index (χ4v) is 4.32.